The van der Waals surface area contributed by atoms with Crippen molar-refractivity contribution in [2.45, 2.75) is 6.92 Å². The highest BCUT2D eigenvalue weighted by atomic mass is 16.4. The number of hydrogen-bond acceptors (Lipinski definition) is 5. The first-order valence-corrected chi connectivity index (χ1v) is 8.81. The van der Waals surface area contributed by atoms with Gasteiger partial charge in [0.05, 0.1) is 16.9 Å². The molecule has 0 aliphatic heterocycles. The maximum atomic E-state index is 11.9. The standard InChI is InChI=1S/C22H17N3O4/c1-14-7-10-20(29-14)21-15(13-25(24-21)17-5-3-2-4-6-17)12-23-16-8-9-18(22(27)28)19(26)11-16/h2-13,26H,1H3,(H,27,28)/p-1. The van der Waals surface area contributed by atoms with Crippen LogP contribution in [0, 0.1) is 6.92 Å². The fourth-order valence-electron chi connectivity index (χ4n) is 2.86. The summed E-state index contributed by atoms with van der Waals surface area (Å²) >= 11 is 0. The number of benzene rings is 2. The number of aromatic nitrogens is 2. The summed E-state index contributed by atoms with van der Waals surface area (Å²) in [6.45, 7) is 1.85. The molecule has 1 N–H and O–H groups in total. The van der Waals surface area contributed by atoms with Gasteiger partial charge >= 0.3 is 5.97 Å². The Morgan fingerprint density at radius 1 is 1.17 bits per heavy atom. The first-order chi connectivity index (χ1) is 14.0. The van der Waals surface area contributed by atoms with Gasteiger partial charge in [0.2, 0.25) is 0 Å². The van der Waals surface area contributed by atoms with Gasteiger partial charge in [0.25, 0.3) is 0 Å². The highest BCUT2D eigenvalue weighted by Gasteiger charge is 2.14. The van der Waals surface area contributed by atoms with Crippen LogP contribution in [0.4, 0.5) is 5.69 Å². The molecule has 0 aliphatic carbocycles. The van der Waals surface area contributed by atoms with Gasteiger partial charge < -0.3 is 14.6 Å². The molecular weight excluding hydrogens is 370 g/mol. The molecule has 0 saturated carbocycles. The van der Waals surface area contributed by atoms with E-state index in [-0.39, 0.29) is 5.56 Å². The summed E-state index contributed by atoms with van der Waals surface area (Å²) in [6, 6.07) is 17.2. The summed E-state index contributed by atoms with van der Waals surface area (Å²) in [7, 11) is 0. The third-order valence-electron chi connectivity index (χ3n) is 4.29. The molecule has 0 saturated heterocycles. The van der Waals surface area contributed by atoms with E-state index in [1.165, 1.54) is 18.2 Å². The minimum Gasteiger partial charge on any atom is -0.872 e. The van der Waals surface area contributed by atoms with Crippen LogP contribution in [0.3, 0.4) is 0 Å². The number of carboxylic acid groups (broad SMARTS) is 1. The second-order valence-electron chi connectivity index (χ2n) is 6.37. The highest BCUT2D eigenvalue weighted by molar-refractivity contribution is 5.92. The van der Waals surface area contributed by atoms with Crippen molar-refractivity contribution in [3.05, 3.63) is 83.7 Å². The van der Waals surface area contributed by atoms with Crippen molar-refractivity contribution in [2.24, 2.45) is 4.99 Å². The van der Waals surface area contributed by atoms with Gasteiger partial charge in [0.1, 0.15) is 11.5 Å². The van der Waals surface area contributed by atoms with Crippen LogP contribution in [0.1, 0.15) is 21.7 Å². The molecule has 0 atom stereocenters. The van der Waals surface area contributed by atoms with Crippen LogP contribution in [0.15, 0.2) is 76.3 Å². The summed E-state index contributed by atoms with van der Waals surface area (Å²) in [5.74, 6) is -0.485. The average Bonchev–Trinajstić information content (AvgIpc) is 3.33. The van der Waals surface area contributed by atoms with Crippen molar-refractivity contribution in [1.29, 1.82) is 0 Å². The number of aliphatic imine (C=N–C) groups is 1. The van der Waals surface area contributed by atoms with Crippen LogP contribution in [0.5, 0.6) is 5.75 Å². The Kier molecular flexibility index (Phi) is 4.70. The lowest BCUT2D eigenvalue weighted by molar-refractivity contribution is -0.268. The van der Waals surface area contributed by atoms with E-state index >= 15 is 0 Å². The van der Waals surface area contributed by atoms with E-state index in [0.717, 1.165) is 11.4 Å². The number of aromatic carboxylic acids is 1. The number of rotatable bonds is 5. The first kappa shape index (κ1) is 18.2. The van der Waals surface area contributed by atoms with Gasteiger partial charge in [-0.2, -0.15) is 5.10 Å². The predicted octanol–water partition coefficient (Wildman–Crippen LogP) is 3.96. The molecule has 4 rings (SSSR count). The predicted molar refractivity (Wildman–Crippen MR) is 106 cm³/mol. The van der Waals surface area contributed by atoms with Crippen LogP contribution < -0.4 is 5.11 Å². The zero-order valence-electron chi connectivity index (χ0n) is 15.4. The Morgan fingerprint density at radius 3 is 2.62 bits per heavy atom. The fourth-order valence-corrected chi connectivity index (χ4v) is 2.86. The molecule has 4 aromatic rings. The molecule has 29 heavy (non-hydrogen) atoms. The van der Waals surface area contributed by atoms with Gasteiger partial charge in [-0.15, -0.1) is 0 Å². The molecule has 0 amide bonds. The van der Waals surface area contributed by atoms with Crippen molar-refractivity contribution in [3.63, 3.8) is 0 Å². The quantitative estimate of drug-likeness (QED) is 0.523. The Hall–Kier alpha value is -4.13. The molecule has 144 valence electrons. The van der Waals surface area contributed by atoms with Gasteiger partial charge in [-0.05, 0) is 49.4 Å². The van der Waals surface area contributed by atoms with Crippen molar-refractivity contribution in [2.75, 3.05) is 0 Å². The van der Waals surface area contributed by atoms with Gasteiger partial charge in [-0.3, -0.25) is 4.99 Å². The molecule has 0 radical (unpaired) electrons. The molecule has 0 aliphatic rings. The van der Waals surface area contributed by atoms with E-state index in [4.69, 9.17) is 9.52 Å². The van der Waals surface area contributed by atoms with Gasteiger partial charge in [0.15, 0.2) is 5.76 Å². The monoisotopic (exact) mass is 386 g/mol. The van der Waals surface area contributed by atoms with E-state index in [0.29, 0.717) is 22.7 Å². The number of carboxylic acids is 1. The second kappa shape index (κ2) is 7.47. The van der Waals surface area contributed by atoms with Crippen LogP contribution in [-0.4, -0.2) is 27.1 Å². The smallest absolute Gasteiger partial charge is 0.335 e. The van der Waals surface area contributed by atoms with Gasteiger partial charge in [0, 0.05) is 18.0 Å². The lowest BCUT2D eigenvalue weighted by Crippen LogP contribution is -2.02. The first-order valence-electron chi connectivity index (χ1n) is 8.81. The Bertz CT molecular complexity index is 1210. The molecule has 7 heteroatoms. The number of nitrogens with zero attached hydrogens (tertiary/aromatic N) is 3. The molecule has 2 heterocycles. The van der Waals surface area contributed by atoms with Crippen molar-refractivity contribution < 1.29 is 19.4 Å². The largest absolute Gasteiger partial charge is 0.872 e. The molecule has 0 spiro atoms. The Balaban J connectivity index is 1.74. The average molecular weight is 386 g/mol. The van der Waals surface area contributed by atoms with Crippen molar-refractivity contribution in [3.8, 4) is 22.9 Å². The molecular formula is C22H16N3O4-. The summed E-state index contributed by atoms with van der Waals surface area (Å²) in [4.78, 5) is 15.3. The van der Waals surface area contributed by atoms with Crippen LogP contribution in [0.25, 0.3) is 17.1 Å². The van der Waals surface area contributed by atoms with Gasteiger partial charge in [-0.1, -0.05) is 23.9 Å². The normalized spacial score (nSPS) is 11.2. The number of para-hydroxylation sites is 1. The Labute approximate surface area is 166 Å². The van der Waals surface area contributed by atoms with Crippen LogP contribution in [0.2, 0.25) is 0 Å². The van der Waals surface area contributed by atoms with Crippen LogP contribution in [-0.2, 0) is 0 Å². The molecule has 2 aromatic carbocycles. The summed E-state index contributed by atoms with van der Waals surface area (Å²) < 4.78 is 7.44. The lowest BCUT2D eigenvalue weighted by atomic mass is 10.2. The van der Waals surface area contributed by atoms with E-state index in [1.54, 1.807) is 10.9 Å². The summed E-state index contributed by atoms with van der Waals surface area (Å²) in [5.41, 5.74) is 2.25. The Morgan fingerprint density at radius 2 is 1.97 bits per heavy atom. The number of furan rings is 1. The maximum absolute atomic E-state index is 11.9. The third kappa shape index (κ3) is 3.79. The molecule has 0 bridgehead atoms. The molecule has 2 aromatic heterocycles. The summed E-state index contributed by atoms with van der Waals surface area (Å²) in [5, 5.41) is 25.5. The van der Waals surface area contributed by atoms with Crippen molar-refractivity contribution in [1.82, 2.24) is 9.78 Å². The zero-order chi connectivity index (χ0) is 20.4. The minimum atomic E-state index is -1.26. The minimum absolute atomic E-state index is 0.285. The number of hydrogen-bond donors (Lipinski definition) is 1. The number of aryl methyl sites for hydroxylation is 1. The highest BCUT2D eigenvalue weighted by Crippen LogP contribution is 2.26. The van der Waals surface area contributed by atoms with Crippen LogP contribution >= 0.6 is 0 Å². The lowest BCUT2D eigenvalue weighted by Gasteiger charge is -2.09. The molecule has 0 unspecified atom stereocenters. The van der Waals surface area contributed by atoms with E-state index in [9.17, 15) is 9.90 Å². The maximum Gasteiger partial charge on any atom is 0.335 e. The van der Waals surface area contributed by atoms with E-state index in [2.05, 4.69) is 10.1 Å². The molecule has 0 fully saturated rings. The molecule has 7 nitrogen and oxygen atoms in total. The van der Waals surface area contributed by atoms with Crippen molar-refractivity contribution >= 4 is 17.9 Å². The third-order valence-corrected chi connectivity index (χ3v) is 4.29. The van der Waals surface area contributed by atoms with E-state index < -0.39 is 11.7 Å². The topological polar surface area (TPSA) is 104 Å². The zero-order valence-corrected chi connectivity index (χ0v) is 15.4. The fraction of sp³-hybridized carbons (Fsp3) is 0.0455. The van der Waals surface area contributed by atoms with E-state index in [1.807, 2.05) is 55.6 Å². The SMILES string of the molecule is Cc1ccc(-c2nn(-c3ccccc3)cc2C=Nc2ccc(C(=O)O)c([O-])c2)o1. The second-order valence-corrected chi connectivity index (χ2v) is 6.37. The number of carbonyl (C=O) groups is 1. The summed E-state index contributed by atoms with van der Waals surface area (Å²) in [6.07, 6.45) is 3.39. The van der Waals surface area contributed by atoms with Gasteiger partial charge in [-0.25, -0.2) is 9.48 Å².